The van der Waals surface area contributed by atoms with Crippen LogP contribution in [-0.2, 0) is 4.79 Å². The number of carbonyl (C=O) groups excluding carboxylic acids is 1. The number of amides is 2. The summed E-state index contributed by atoms with van der Waals surface area (Å²) in [4.78, 5) is 22.7. The lowest BCUT2D eigenvalue weighted by Gasteiger charge is -2.18. The lowest BCUT2D eigenvalue weighted by molar-refractivity contribution is -0.140. The van der Waals surface area contributed by atoms with Gasteiger partial charge in [-0.1, -0.05) is 19.9 Å². The van der Waals surface area contributed by atoms with E-state index in [9.17, 15) is 9.59 Å². The van der Waals surface area contributed by atoms with Gasteiger partial charge < -0.3 is 20.5 Å². The van der Waals surface area contributed by atoms with E-state index in [1.807, 2.05) is 0 Å². The molecule has 0 aliphatic carbocycles. The second-order valence-corrected chi connectivity index (χ2v) is 4.39. The molecule has 1 aromatic rings. The first kappa shape index (κ1) is 14.8. The number of hydrogen-bond acceptors (Lipinski definition) is 3. The van der Waals surface area contributed by atoms with E-state index in [2.05, 4.69) is 10.6 Å². The average Bonchev–Trinajstić information content (AvgIpc) is 2.35. The summed E-state index contributed by atoms with van der Waals surface area (Å²) in [5.74, 6) is -0.652. The molecule has 0 aromatic heterocycles. The Morgan fingerprint density at radius 1 is 1.32 bits per heavy atom. The van der Waals surface area contributed by atoms with E-state index in [0.717, 1.165) is 0 Å². The van der Waals surface area contributed by atoms with Crippen LogP contribution in [0.5, 0.6) is 5.75 Å². The van der Waals surface area contributed by atoms with Crippen LogP contribution in [0.25, 0.3) is 0 Å². The maximum atomic E-state index is 11.7. The highest BCUT2D eigenvalue weighted by Crippen LogP contribution is 2.16. The van der Waals surface area contributed by atoms with Crippen LogP contribution in [-0.4, -0.2) is 30.3 Å². The summed E-state index contributed by atoms with van der Waals surface area (Å²) in [7, 11) is 1.53. The van der Waals surface area contributed by atoms with Gasteiger partial charge in [0.2, 0.25) is 0 Å². The summed E-state index contributed by atoms with van der Waals surface area (Å²) in [6, 6.07) is 5.32. The van der Waals surface area contributed by atoms with Crippen molar-refractivity contribution < 1.29 is 19.4 Å². The van der Waals surface area contributed by atoms with E-state index < -0.39 is 18.0 Å². The van der Waals surface area contributed by atoms with Gasteiger partial charge in [0, 0.05) is 11.8 Å². The van der Waals surface area contributed by atoms with E-state index in [1.165, 1.54) is 7.11 Å². The third-order valence-corrected chi connectivity index (χ3v) is 2.55. The first-order chi connectivity index (χ1) is 8.93. The number of benzene rings is 1. The molecule has 104 valence electrons. The van der Waals surface area contributed by atoms with Crippen molar-refractivity contribution >= 4 is 17.7 Å². The topological polar surface area (TPSA) is 87.7 Å². The van der Waals surface area contributed by atoms with Crippen LogP contribution >= 0.6 is 0 Å². The van der Waals surface area contributed by atoms with Crippen LogP contribution in [0.15, 0.2) is 24.3 Å². The molecule has 0 unspecified atom stereocenters. The summed E-state index contributed by atoms with van der Waals surface area (Å²) in [6.45, 7) is 3.45. The molecule has 0 aliphatic heterocycles. The standard InChI is InChI=1S/C13H18N2O4/c1-8(2)11(12(16)17)15-13(18)14-9-5-4-6-10(7-9)19-3/h4-8,11H,1-3H3,(H,16,17)(H2,14,15,18)/t11-/m0/s1. The molecule has 0 saturated heterocycles. The number of carboxylic acids is 1. The predicted molar refractivity (Wildman–Crippen MR) is 71.4 cm³/mol. The van der Waals surface area contributed by atoms with Crippen molar-refractivity contribution in [2.75, 3.05) is 12.4 Å². The zero-order chi connectivity index (χ0) is 14.4. The van der Waals surface area contributed by atoms with Gasteiger partial charge in [0.05, 0.1) is 7.11 Å². The number of urea groups is 1. The molecule has 0 aliphatic rings. The summed E-state index contributed by atoms with van der Waals surface area (Å²) in [6.07, 6.45) is 0. The number of carboxylic acid groups (broad SMARTS) is 1. The van der Waals surface area contributed by atoms with Crippen LogP contribution < -0.4 is 15.4 Å². The van der Waals surface area contributed by atoms with Crippen LogP contribution in [0.3, 0.4) is 0 Å². The Kier molecular flexibility index (Phi) is 5.17. The van der Waals surface area contributed by atoms with Gasteiger partial charge in [-0.3, -0.25) is 0 Å². The van der Waals surface area contributed by atoms with E-state index >= 15 is 0 Å². The highest BCUT2D eigenvalue weighted by molar-refractivity contribution is 5.92. The molecule has 0 bridgehead atoms. The Morgan fingerprint density at radius 2 is 2.00 bits per heavy atom. The number of carbonyl (C=O) groups is 2. The minimum Gasteiger partial charge on any atom is -0.497 e. The van der Waals surface area contributed by atoms with Gasteiger partial charge in [0.15, 0.2) is 0 Å². The molecule has 0 fully saturated rings. The van der Waals surface area contributed by atoms with Gasteiger partial charge in [0.1, 0.15) is 11.8 Å². The third kappa shape index (κ3) is 4.50. The Balaban J connectivity index is 2.66. The van der Waals surface area contributed by atoms with Crippen molar-refractivity contribution in [3.8, 4) is 5.75 Å². The lowest BCUT2D eigenvalue weighted by atomic mass is 10.1. The molecule has 1 atom stereocenters. The monoisotopic (exact) mass is 266 g/mol. The van der Waals surface area contributed by atoms with Gasteiger partial charge in [-0.25, -0.2) is 9.59 Å². The first-order valence-corrected chi connectivity index (χ1v) is 5.88. The molecule has 1 aromatic carbocycles. The van der Waals surface area contributed by atoms with Crippen molar-refractivity contribution in [3.05, 3.63) is 24.3 Å². The number of aliphatic carboxylic acids is 1. The third-order valence-electron chi connectivity index (χ3n) is 2.55. The fraction of sp³-hybridized carbons (Fsp3) is 0.385. The first-order valence-electron chi connectivity index (χ1n) is 5.88. The molecule has 0 saturated carbocycles. The van der Waals surface area contributed by atoms with Gasteiger partial charge in [-0.2, -0.15) is 0 Å². The summed E-state index contributed by atoms with van der Waals surface area (Å²) in [5.41, 5.74) is 0.532. The Bertz CT molecular complexity index is 460. The van der Waals surface area contributed by atoms with Gasteiger partial charge in [0.25, 0.3) is 0 Å². The van der Waals surface area contributed by atoms with Gasteiger partial charge in [-0.05, 0) is 18.1 Å². The Morgan fingerprint density at radius 3 is 2.53 bits per heavy atom. The maximum Gasteiger partial charge on any atom is 0.326 e. The predicted octanol–water partition coefficient (Wildman–Crippen LogP) is 1.93. The lowest BCUT2D eigenvalue weighted by Crippen LogP contribution is -2.46. The van der Waals surface area contributed by atoms with Crippen molar-refractivity contribution in [2.45, 2.75) is 19.9 Å². The van der Waals surface area contributed by atoms with Crippen molar-refractivity contribution in [1.82, 2.24) is 5.32 Å². The smallest absolute Gasteiger partial charge is 0.326 e. The normalized spacial score (nSPS) is 11.8. The number of methoxy groups -OCH3 is 1. The van der Waals surface area contributed by atoms with Gasteiger partial charge in [-0.15, -0.1) is 0 Å². The highest BCUT2D eigenvalue weighted by Gasteiger charge is 2.23. The Labute approximate surface area is 111 Å². The molecule has 19 heavy (non-hydrogen) atoms. The number of hydrogen-bond donors (Lipinski definition) is 3. The molecule has 0 radical (unpaired) electrons. The number of nitrogens with one attached hydrogen (secondary N) is 2. The highest BCUT2D eigenvalue weighted by atomic mass is 16.5. The Hall–Kier alpha value is -2.24. The summed E-state index contributed by atoms with van der Waals surface area (Å²) >= 11 is 0. The number of rotatable bonds is 5. The molecule has 3 N–H and O–H groups in total. The SMILES string of the molecule is COc1cccc(NC(=O)N[C@H](C(=O)O)C(C)C)c1. The van der Waals surface area contributed by atoms with Crippen LogP contribution in [0, 0.1) is 5.92 Å². The van der Waals surface area contributed by atoms with Crippen molar-refractivity contribution in [1.29, 1.82) is 0 Å². The second kappa shape index (κ2) is 6.63. The molecule has 6 heteroatoms. The minimum atomic E-state index is -1.06. The largest absolute Gasteiger partial charge is 0.497 e. The molecular weight excluding hydrogens is 248 g/mol. The number of anilines is 1. The van der Waals surface area contributed by atoms with E-state index in [0.29, 0.717) is 11.4 Å². The van der Waals surface area contributed by atoms with Crippen molar-refractivity contribution in [2.24, 2.45) is 5.92 Å². The molecular formula is C13H18N2O4. The average molecular weight is 266 g/mol. The molecule has 0 spiro atoms. The maximum absolute atomic E-state index is 11.7. The van der Waals surface area contributed by atoms with Crippen molar-refractivity contribution in [3.63, 3.8) is 0 Å². The van der Waals surface area contributed by atoms with Crippen LogP contribution in [0.2, 0.25) is 0 Å². The van der Waals surface area contributed by atoms with E-state index in [1.54, 1.807) is 38.1 Å². The van der Waals surface area contributed by atoms with Crippen LogP contribution in [0.1, 0.15) is 13.8 Å². The van der Waals surface area contributed by atoms with Gasteiger partial charge >= 0.3 is 12.0 Å². The van der Waals surface area contributed by atoms with E-state index in [-0.39, 0.29) is 5.92 Å². The molecule has 6 nitrogen and oxygen atoms in total. The zero-order valence-corrected chi connectivity index (χ0v) is 11.1. The fourth-order valence-corrected chi connectivity index (χ4v) is 1.52. The van der Waals surface area contributed by atoms with E-state index in [4.69, 9.17) is 9.84 Å². The van der Waals surface area contributed by atoms with Crippen LogP contribution in [0.4, 0.5) is 10.5 Å². The quantitative estimate of drug-likeness (QED) is 0.759. The molecule has 2 amide bonds. The summed E-state index contributed by atoms with van der Waals surface area (Å²) < 4.78 is 5.03. The second-order valence-electron chi connectivity index (χ2n) is 4.39. The fourth-order valence-electron chi connectivity index (χ4n) is 1.52. The minimum absolute atomic E-state index is 0.200. The number of ether oxygens (including phenoxy) is 1. The summed E-state index contributed by atoms with van der Waals surface area (Å²) in [5, 5.41) is 14.0. The molecule has 0 heterocycles. The zero-order valence-electron chi connectivity index (χ0n) is 11.1. The molecule has 1 rings (SSSR count).